The van der Waals surface area contributed by atoms with Gasteiger partial charge in [0.25, 0.3) is 5.91 Å². The number of fused-ring (bicyclic) bond motifs is 1. The number of likely N-dealkylation sites (tertiary alicyclic amines) is 1. The van der Waals surface area contributed by atoms with Crippen LogP contribution in [0.4, 0.5) is 5.69 Å². The number of hydrogen-bond acceptors (Lipinski definition) is 3. The Labute approximate surface area is 163 Å². The van der Waals surface area contributed by atoms with Gasteiger partial charge >= 0.3 is 0 Å². The van der Waals surface area contributed by atoms with Crippen molar-refractivity contribution in [2.24, 2.45) is 7.05 Å². The number of methoxy groups -OCH3 is 1. The molecule has 6 nitrogen and oxygen atoms in total. The van der Waals surface area contributed by atoms with Gasteiger partial charge in [0.05, 0.1) is 7.11 Å². The third-order valence-corrected chi connectivity index (χ3v) is 5.34. The first-order valence-corrected chi connectivity index (χ1v) is 9.39. The Bertz CT molecular complexity index is 1020. The Hall–Kier alpha value is -3.28. The van der Waals surface area contributed by atoms with Gasteiger partial charge in [0.1, 0.15) is 17.5 Å². The Morgan fingerprint density at radius 2 is 1.86 bits per heavy atom. The standard InChI is InChI=1S/C22H23N3O3/c1-24-18-7-4-3-6-15(18)14-20(24)22(27)25-13-5-8-19(25)21(26)23-16-9-11-17(28-2)12-10-16/h3-4,6-7,9-12,14,19H,5,8,13H2,1-2H3,(H,23,26). The predicted octanol–water partition coefficient (Wildman–Crippen LogP) is 3.43. The molecule has 2 aromatic carbocycles. The number of rotatable bonds is 4. The monoisotopic (exact) mass is 377 g/mol. The zero-order valence-corrected chi connectivity index (χ0v) is 16.0. The van der Waals surface area contributed by atoms with E-state index in [2.05, 4.69) is 5.32 Å². The van der Waals surface area contributed by atoms with Crippen molar-refractivity contribution >= 4 is 28.4 Å². The van der Waals surface area contributed by atoms with Gasteiger partial charge in [-0.05, 0) is 49.2 Å². The third kappa shape index (κ3) is 3.22. The molecule has 1 fully saturated rings. The van der Waals surface area contributed by atoms with E-state index < -0.39 is 6.04 Å². The molecule has 0 bridgehead atoms. The lowest BCUT2D eigenvalue weighted by Gasteiger charge is -2.24. The van der Waals surface area contributed by atoms with Crippen LogP contribution in [0.15, 0.2) is 54.6 Å². The SMILES string of the molecule is COc1ccc(NC(=O)C2CCCN2C(=O)c2cc3ccccc3n2C)cc1. The summed E-state index contributed by atoms with van der Waals surface area (Å²) >= 11 is 0. The quantitative estimate of drug-likeness (QED) is 0.758. The minimum Gasteiger partial charge on any atom is -0.497 e. The van der Waals surface area contributed by atoms with Crippen molar-refractivity contribution in [1.29, 1.82) is 0 Å². The van der Waals surface area contributed by atoms with Gasteiger partial charge in [0.15, 0.2) is 0 Å². The van der Waals surface area contributed by atoms with E-state index in [4.69, 9.17) is 4.74 Å². The number of aryl methyl sites for hydroxylation is 1. The number of carbonyl (C=O) groups is 2. The second kappa shape index (κ2) is 7.38. The van der Waals surface area contributed by atoms with E-state index in [1.54, 1.807) is 36.3 Å². The Morgan fingerprint density at radius 1 is 1.11 bits per heavy atom. The number of carbonyl (C=O) groups excluding carboxylic acids is 2. The number of hydrogen-bond donors (Lipinski definition) is 1. The fraction of sp³-hybridized carbons (Fsp3) is 0.273. The van der Waals surface area contributed by atoms with Crippen LogP contribution in [0.25, 0.3) is 10.9 Å². The second-order valence-corrected chi connectivity index (χ2v) is 7.02. The highest BCUT2D eigenvalue weighted by Crippen LogP contribution is 2.25. The highest BCUT2D eigenvalue weighted by molar-refractivity contribution is 6.03. The van der Waals surface area contributed by atoms with Crippen molar-refractivity contribution in [1.82, 2.24) is 9.47 Å². The van der Waals surface area contributed by atoms with Gasteiger partial charge in [-0.1, -0.05) is 18.2 Å². The van der Waals surface area contributed by atoms with Gasteiger partial charge < -0.3 is 19.5 Å². The molecule has 4 rings (SSSR count). The number of para-hydroxylation sites is 1. The van der Waals surface area contributed by atoms with Crippen LogP contribution >= 0.6 is 0 Å². The van der Waals surface area contributed by atoms with Crippen LogP contribution in [0.1, 0.15) is 23.3 Å². The molecule has 2 heterocycles. The lowest BCUT2D eigenvalue weighted by molar-refractivity contribution is -0.119. The smallest absolute Gasteiger partial charge is 0.271 e. The van der Waals surface area contributed by atoms with Gasteiger partial charge in [-0.15, -0.1) is 0 Å². The predicted molar refractivity (Wildman–Crippen MR) is 109 cm³/mol. The number of nitrogens with zero attached hydrogens (tertiary/aromatic N) is 2. The van der Waals surface area contributed by atoms with Crippen LogP contribution in [-0.4, -0.2) is 41.0 Å². The van der Waals surface area contributed by atoms with Crippen molar-refractivity contribution in [2.45, 2.75) is 18.9 Å². The second-order valence-electron chi connectivity index (χ2n) is 7.02. The maximum absolute atomic E-state index is 13.2. The lowest BCUT2D eigenvalue weighted by atomic mass is 10.2. The summed E-state index contributed by atoms with van der Waals surface area (Å²) in [5.41, 5.74) is 2.30. The summed E-state index contributed by atoms with van der Waals surface area (Å²) in [7, 11) is 3.49. The Kier molecular flexibility index (Phi) is 4.77. The number of nitrogens with one attached hydrogen (secondary N) is 1. The van der Waals surface area contributed by atoms with Crippen LogP contribution < -0.4 is 10.1 Å². The largest absolute Gasteiger partial charge is 0.497 e. The molecule has 1 N–H and O–H groups in total. The zero-order chi connectivity index (χ0) is 19.7. The van der Waals surface area contributed by atoms with E-state index in [0.29, 0.717) is 24.3 Å². The molecule has 0 aliphatic carbocycles. The third-order valence-electron chi connectivity index (χ3n) is 5.34. The first-order chi connectivity index (χ1) is 13.6. The molecule has 1 aliphatic rings. The Balaban J connectivity index is 1.54. The van der Waals surface area contributed by atoms with Crippen LogP contribution in [0.5, 0.6) is 5.75 Å². The number of amides is 2. The molecule has 28 heavy (non-hydrogen) atoms. The molecule has 1 saturated heterocycles. The van der Waals surface area contributed by atoms with E-state index in [0.717, 1.165) is 23.1 Å². The van der Waals surface area contributed by atoms with E-state index in [1.807, 2.05) is 41.9 Å². The van der Waals surface area contributed by atoms with E-state index in [1.165, 1.54) is 0 Å². The summed E-state index contributed by atoms with van der Waals surface area (Å²) < 4.78 is 7.04. The molecule has 144 valence electrons. The molecule has 0 saturated carbocycles. The van der Waals surface area contributed by atoms with Gasteiger partial charge in [-0.3, -0.25) is 9.59 Å². The molecule has 1 aromatic heterocycles. The first-order valence-electron chi connectivity index (χ1n) is 9.39. The van der Waals surface area contributed by atoms with Gasteiger partial charge in [0.2, 0.25) is 5.91 Å². The fourth-order valence-corrected chi connectivity index (χ4v) is 3.82. The highest BCUT2D eigenvalue weighted by atomic mass is 16.5. The molecule has 1 aliphatic heterocycles. The Morgan fingerprint density at radius 3 is 2.57 bits per heavy atom. The van der Waals surface area contributed by atoms with Crippen LogP contribution in [0, 0.1) is 0 Å². The summed E-state index contributed by atoms with van der Waals surface area (Å²) in [6.45, 7) is 0.584. The summed E-state index contributed by atoms with van der Waals surface area (Å²) in [4.78, 5) is 27.7. The maximum atomic E-state index is 13.2. The molecular formula is C22H23N3O3. The maximum Gasteiger partial charge on any atom is 0.271 e. The molecule has 3 aromatic rings. The average molecular weight is 377 g/mol. The highest BCUT2D eigenvalue weighted by Gasteiger charge is 2.35. The molecule has 2 amide bonds. The summed E-state index contributed by atoms with van der Waals surface area (Å²) in [5, 5.41) is 3.94. The lowest BCUT2D eigenvalue weighted by Crippen LogP contribution is -2.43. The number of ether oxygens (including phenoxy) is 1. The van der Waals surface area contributed by atoms with E-state index >= 15 is 0 Å². The summed E-state index contributed by atoms with van der Waals surface area (Å²) in [5.74, 6) is 0.465. The van der Waals surface area contributed by atoms with Crippen molar-refractivity contribution in [3.8, 4) is 5.75 Å². The van der Waals surface area contributed by atoms with Crippen molar-refractivity contribution < 1.29 is 14.3 Å². The number of aromatic nitrogens is 1. The van der Waals surface area contributed by atoms with Crippen molar-refractivity contribution in [3.63, 3.8) is 0 Å². The number of benzene rings is 2. The van der Waals surface area contributed by atoms with Crippen LogP contribution in [-0.2, 0) is 11.8 Å². The minimum absolute atomic E-state index is 0.105. The molecule has 1 atom stereocenters. The van der Waals surface area contributed by atoms with Gasteiger partial charge in [0, 0.05) is 30.2 Å². The van der Waals surface area contributed by atoms with E-state index in [9.17, 15) is 9.59 Å². The fourth-order valence-electron chi connectivity index (χ4n) is 3.82. The van der Waals surface area contributed by atoms with E-state index in [-0.39, 0.29) is 11.8 Å². The minimum atomic E-state index is -0.465. The first kappa shape index (κ1) is 18.1. The topological polar surface area (TPSA) is 63.6 Å². The normalized spacial score (nSPS) is 16.4. The number of anilines is 1. The molecule has 0 radical (unpaired) electrons. The molecule has 6 heteroatoms. The summed E-state index contributed by atoms with van der Waals surface area (Å²) in [6.07, 6.45) is 1.48. The summed E-state index contributed by atoms with van der Waals surface area (Å²) in [6, 6.07) is 16.5. The zero-order valence-electron chi connectivity index (χ0n) is 16.0. The molecular weight excluding hydrogens is 354 g/mol. The van der Waals surface area contributed by atoms with Crippen LogP contribution in [0.3, 0.4) is 0 Å². The van der Waals surface area contributed by atoms with Crippen molar-refractivity contribution in [3.05, 3.63) is 60.3 Å². The molecule has 0 spiro atoms. The average Bonchev–Trinajstić information content (AvgIpc) is 3.34. The molecule has 1 unspecified atom stereocenters. The van der Waals surface area contributed by atoms with Crippen LogP contribution in [0.2, 0.25) is 0 Å². The van der Waals surface area contributed by atoms with Crippen molar-refractivity contribution in [2.75, 3.05) is 19.0 Å². The van der Waals surface area contributed by atoms with Gasteiger partial charge in [-0.25, -0.2) is 0 Å². The van der Waals surface area contributed by atoms with Gasteiger partial charge in [-0.2, -0.15) is 0 Å².